The molecule has 3 heterocycles. The molecule has 0 aromatic carbocycles. The second-order valence-corrected chi connectivity index (χ2v) is 9.77. The van der Waals surface area contributed by atoms with E-state index in [2.05, 4.69) is 35.7 Å². The van der Waals surface area contributed by atoms with Crippen molar-refractivity contribution in [3.8, 4) is 0 Å². The van der Waals surface area contributed by atoms with Crippen molar-refractivity contribution in [2.24, 2.45) is 0 Å². The van der Waals surface area contributed by atoms with E-state index in [1.165, 1.54) is 5.01 Å². The second kappa shape index (κ2) is 14.2. The molecule has 0 amide bonds. The Morgan fingerprint density at radius 3 is 2.24 bits per heavy atom. The summed E-state index contributed by atoms with van der Waals surface area (Å²) in [5, 5.41) is 17.5. The fourth-order valence-corrected chi connectivity index (χ4v) is 4.08. The lowest BCUT2D eigenvalue weighted by atomic mass is 10.00. The van der Waals surface area contributed by atoms with Gasteiger partial charge in [-0.3, -0.25) is 4.90 Å². The molecule has 0 saturated carbocycles. The van der Waals surface area contributed by atoms with Gasteiger partial charge in [-0.05, 0) is 33.7 Å². The van der Waals surface area contributed by atoms with Crippen LogP contribution in [0.1, 0.15) is 31.7 Å². The molecule has 214 valence electrons. The van der Waals surface area contributed by atoms with Gasteiger partial charge in [0.05, 0.1) is 25.9 Å². The summed E-state index contributed by atoms with van der Waals surface area (Å²) in [6, 6.07) is 0.557. The minimum Gasteiger partial charge on any atom is -0.475 e. The Kier molecular flexibility index (Phi) is 12.7. The van der Waals surface area contributed by atoms with Crippen LogP contribution in [0.15, 0.2) is 11.6 Å². The Balaban J connectivity index is 0.000000404. The van der Waals surface area contributed by atoms with E-state index in [0.29, 0.717) is 12.1 Å². The first kappa shape index (κ1) is 33.0. The number of carboxylic acid groups (broad SMARTS) is 2. The number of ether oxygens (including phenoxy) is 2. The van der Waals surface area contributed by atoms with Gasteiger partial charge in [0, 0.05) is 37.3 Å². The third-order valence-electron chi connectivity index (χ3n) is 5.47. The average molecular weight is 568 g/mol. The number of aromatic nitrogens is 1. The second-order valence-electron chi connectivity index (χ2n) is 8.79. The molecule has 0 aliphatic carbocycles. The van der Waals surface area contributed by atoms with E-state index >= 15 is 0 Å². The number of alkyl halides is 6. The number of likely N-dealkylation sites (N-methyl/N-ethyl adjacent to an activating group) is 1. The van der Waals surface area contributed by atoms with Crippen molar-refractivity contribution in [2.45, 2.75) is 63.3 Å². The van der Waals surface area contributed by atoms with Crippen LogP contribution in [0.5, 0.6) is 0 Å². The molecule has 2 fully saturated rings. The van der Waals surface area contributed by atoms with Crippen LogP contribution in [0.25, 0.3) is 0 Å². The maximum atomic E-state index is 10.6. The summed E-state index contributed by atoms with van der Waals surface area (Å²) in [6.07, 6.45) is -5.73. The molecule has 1 aromatic rings. The summed E-state index contributed by atoms with van der Waals surface area (Å²) in [5.74, 6) is -5.51. The lowest BCUT2D eigenvalue weighted by Gasteiger charge is -2.32. The monoisotopic (exact) mass is 567 g/mol. The highest BCUT2D eigenvalue weighted by Crippen LogP contribution is 2.34. The van der Waals surface area contributed by atoms with Crippen molar-refractivity contribution < 1.29 is 55.6 Å². The molecule has 2 N–H and O–H groups in total. The van der Waals surface area contributed by atoms with Gasteiger partial charge in [-0.25, -0.2) is 14.6 Å². The summed E-state index contributed by atoms with van der Waals surface area (Å²) in [6.45, 7) is 9.80. The largest absolute Gasteiger partial charge is 0.490 e. The predicted octanol–water partition coefficient (Wildman–Crippen LogP) is 3.50. The number of halogens is 6. The number of hydrogen-bond donors (Lipinski definition) is 2. The first-order valence-electron chi connectivity index (χ1n) is 11.1. The molecule has 2 saturated heterocycles. The number of hydrogen-bond acceptors (Lipinski definition) is 8. The minimum atomic E-state index is -5.08. The molecule has 2 aliphatic rings. The van der Waals surface area contributed by atoms with Gasteiger partial charge in [-0.2, -0.15) is 26.3 Å². The van der Waals surface area contributed by atoms with Crippen molar-refractivity contribution in [3.63, 3.8) is 0 Å². The third kappa shape index (κ3) is 12.4. The van der Waals surface area contributed by atoms with E-state index in [1.54, 1.807) is 11.3 Å². The molecule has 2 atom stereocenters. The summed E-state index contributed by atoms with van der Waals surface area (Å²) in [7, 11) is 2.18. The van der Waals surface area contributed by atoms with E-state index in [0.717, 1.165) is 52.2 Å². The SMILES string of the molecule is CC(C)N(C)CC1CCC2(COCCN(Cc3nccs3)C2)O1.O=C(O)C(F)(F)F.O=C(O)C(F)(F)F. The summed E-state index contributed by atoms with van der Waals surface area (Å²) >= 11 is 1.73. The summed E-state index contributed by atoms with van der Waals surface area (Å²) in [5.41, 5.74) is -0.129. The van der Waals surface area contributed by atoms with E-state index < -0.39 is 24.3 Å². The maximum Gasteiger partial charge on any atom is 0.490 e. The summed E-state index contributed by atoms with van der Waals surface area (Å²) < 4.78 is 75.9. The lowest BCUT2D eigenvalue weighted by Crippen LogP contribution is -2.45. The van der Waals surface area contributed by atoms with Gasteiger partial charge in [0.15, 0.2) is 0 Å². The molecule has 37 heavy (non-hydrogen) atoms. The van der Waals surface area contributed by atoms with Crippen LogP contribution in [0.3, 0.4) is 0 Å². The van der Waals surface area contributed by atoms with E-state index in [-0.39, 0.29) is 5.60 Å². The number of rotatable bonds is 5. The van der Waals surface area contributed by atoms with Crippen LogP contribution in [-0.2, 0) is 25.6 Å². The molecule has 0 radical (unpaired) electrons. The number of nitrogens with zero attached hydrogens (tertiary/aromatic N) is 3. The smallest absolute Gasteiger partial charge is 0.475 e. The Hall–Kier alpha value is -2.01. The molecule has 1 aromatic heterocycles. The zero-order valence-corrected chi connectivity index (χ0v) is 21.3. The van der Waals surface area contributed by atoms with E-state index in [1.807, 2.05) is 11.6 Å². The topological polar surface area (TPSA) is 112 Å². The normalized spacial score (nSPS) is 22.7. The fourth-order valence-electron chi connectivity index (χ4n) is 3.42. The first-order valence-corrected chi connectivity index (χ1v) is 12.0. The highest BCUT2D eigenvalue weighted by Gasteiger charge is 2.43. The summed E-state index contributed by atoms with van der Waals surface area (Å²) in [4.78, 5) is 27.0. The molecule has 3 rings (SSSR count). The minimum absolute atomic E-state index is 0.129. The quantitative estimate of drug-likeness (QED) is 0.517. The molecule has 9 nitrogen and oxygen atoms in total. The van der Waals surface area contributed by atoms with Gasteiger partial charge in [0.2, 0.25) is 0 Å². The highest BCUT2D eigenvalue weighted by molar-refractivity contribution is 7.09. The Morgan fingerprint density at radius 1 is 1.22 bits per heavy atom. The number of carbonyl (C=O) groups is 2. The molecule has 0 bridgehead atoms. The Labute approximate surface area is 214 Å². The first-order chi connectivity index (χ1) is 16.9. The van der Waals surface area contributed by atoms with Gasteiger partial charge >= 0.3 is 24.3 Å². The van der Waals surface area contributed by atoms with Gasteiger partial charge < -0.3 is 24.6 Å². The maximum absolute atomic E-state index is 10.6. The van der Waals surface area contributed by atoms with Crippen LogP contribution in [-0.4, -0.2) is 107 Å². The van der Waals surface area contributed by atoms with Gasteiger partial charge in [-0.1, -0.05) is 0 Å². The van der Waals surface area contributed by atoms with Gasteiger partial charge in [0.1, 0.15) is 10.6 Å². The molecular weight excluding hydrogens is 536 g/mol. The van der Waals surface area contributed by atoms with Crippen molar-refractivity contribution in [2.75, 3.05) is 39.9 Å². The number of thiazole rings is 1. The van der Waals surface area contributed by atoms with Gasteiger partial charge in [0.25, 0.3) is 0 Å². The van der Waals surface area contributed by atoms with Crippen LogP contribution in [0.4, 0.5) is 26.3 Å². The van der Waals surface area contributed by atoms with Crippen molar-refractivity contribution in [1.29, 1.82) is 0 Å². The van der Waals surface area contributed by atoms with Crippen molar-refractivity contribution in [3.05, 3.63) is 16.6 Å². The van der Waals surface area contributed by atoms with Crippen LogP contribution < -0.4 is 0 Å². The molecule has 2 aliphatic heterocycles. The van der Waals surface area contributed by atoms with E-state index in [9.17, 15) is 26.3 Å². The number of aliphatic carboxylic acids is 2. The molecule has 1 spiro atoms. The van der Waals surface area contributed by atoms with Crippen molar-refractivity contribution in [1.82, 2.24) is 14.8 Å². The Morgan fingerprint density at radius 2 is 1.78 bits per heavy atom. The molecular formula is C21H31F6N3O6S. The number of carboxylic acids is 2. The standard InChI is InChI=1S/C17H29N3O2S.2C2HF3O2/c1-14(2)19(3)10-15-4-5-17(22-15)12-20(7-8-21-13-17)11-16-18-6-9-23-16;2*3-2(4,5)1(6)7/h6,9,14-15H,4-5,7-8,10-13H2,1-3H3;2*(H,6,7). The molecule has 2 unspecified atom stereocenters. The average Bonchev–Trinajstić information content (AvgIpc) is 3.36. The van der Waals surface area contributed by atoms with E-state index in [4.69, 9.17) is 29.3 Å². The molecule has 16 heteroatoms. The van der Waals surface area contributed by atoms with Crippen LogP contribution >= 0.6 is 11.3 Å². The Bertz CT molecular complexity index is 816. The van der Waals surface area contributed by atoms with Crippen molar-refractivity contribution >= 4 is 23.3 Å². The predicted molar refractivity (Wildman–Crippen MR) is 120 cm³/mol. The highest BCUT2D eigenvalue weighted by atomic mass is 32.1. The van der Waals surface area contributed by atoms with Gasteiger partial charge in [-0.15, -0.1) is 11.3 Å². The third-order valence-corrected chi connectivity index (χ3v) is 6.23. The zero-order valence-electron chi connectivity index (χ0n) is 20.5. The zero-order chi connectivity index (χ0) is 28.4. The van der Waals surface area contributed by atoms with Crippen LogP contribution in [0.2, 0.25) is 0 Å². The lowest BCUT2D eigenvalue weighted by molar-refractivity contribution is -0.193. The fraction of sp³-hybridized carbons (Fsp3) is 0.762. The van der Waals surface area contributed by atoms with Crippen LogP contribution in [0, 0.1) is 0 Å².